The first-order valence-electron chi connectivity index (χ1n) is 2.64. The fraction of sp³-hybridized carbons (Fsp3) is 0.143. The summed E-state index contributed by atoms with van der Waals surface area (Å²) in [6.45, 7) is 0. The van der Waals surface area contributed by atoms with Gasteiger partial charge in [-0.2, -0.15) is 0 Å². The van der Waals surface area contributed by atoms with Crippen molar-refractivity contribution < 1.29 is 19.5 Å². The van der Waals surface area contributed by atoms with Crippen LogP contribution in [0, 0.1) is 0 Å². The number of benzene rings is 1. The van der Waals surface area contributed by atoms with Crippen molar-refractivity contribution in [2.45, 2.75) is 5.88 Å². The topological polar surface area (TPSA) is 0 Å². The van der Waals surface area contributed by atoms with E-state index in [2.05, 4.69) is 0 Å². The van der Waals surface area contributed by atoms with Gasteiger partial charge in [0.25, 0.3) is 0 Å². The molecule has 0 aromatic heterocycles. The molecule has 0 atom stereocenters. The van der Waals surface area contributed by atoms with E-state index in [0.29, 0.717) is 5.88 Å². The summed E-state index contributed by atoms with van der Waals surface area (Å²) in [6.07, 6.45) is 0. The van der Waals surface area contributed by atoms with E-state index in [-0.39, 0.29) is 19.5 Å². The van der Waals surface area contributed by atoms with Gasteiger partial charge in [-0.25, -0.2) is 0 Å². The van der Waals surface area contributed by atoms with Gasteiger partial charge in [-0.05, 0) is 11.6 Å². The third-order valence-electron chi connectivity index (χ3n) is 1.10. The van der Waals surface area contributed by atoms with Gasteiger partial charge in [0, 0.05) is 30.4 Å². The van der Waals surface area contributed by atoms with Crippen LogP contribution < -0.4 is 0 Å². The second-order valence-corrected chi connectivity index (χ2v) is 2.40. The Kier molecular flexibility index (Phi) is 5.34. The molecule has 0 radical (unpaired) electrons. The Balaban J connectivity index is 0.000000810. The van der Waals surface area contributed by atoms with Gasteiger partial charge >= 0.3 is 0 Å². The molecule has 0 saturated carbocycles. The van der Waals surface area contributed by atoms with Crippen LogP contribution in [0.2, 0.25) is 5.02 Å². The molecule has 0 N–H and O–H groups in total. The minimum Gasteiger partial charge on any atom is -0.121 e. The Morgan fingerprint density at radius 3 is 2.20 bits per heavy atom. The number of alkyl halides is 1. The first-order chi connectivity index (χ1) is 4.34. The predicted octanol–water partition coefficient (Wildman–Crippen LogP) is 3.08. The molecule has 3 heteroatoms. The number of halogens is 2. The SMILES string of the molecule is ClCc1ccccc1Cl.[Zn]. The van der Waals surface area contributed by atoms with E-state index in [4.69, 9.17) is 23.2 Å². The van der Waals surface area contributed by atoms with E-state index in [1.807, 2.05) is 24.3 Å². The van der Waals surface area contributed by atoms with Gasteiger partial charge in [-0.3, -0.25) is 0 Å². The van der Waals surface area contributed by atoms with Crippen molar-refractivity contribution in [3.05, 3.63) is 34.9 Å². The Labute approximate surface area is 83.3 Å². The van der Waals surface area contributed by atoms with Gasteiger partial charge in [-0.15, -0.1) is 11.6 Å². The quantitative estimate of drug-likeness (QED) is 0.510. The van der Waals surface area contributed by atoms with Crippen LogP contribution >= 0.6 is 23.2 Å². The van der Waals surface area contributed by atoms with E-state index >= 15 is 0 Å². The molecule has 0 heterocycles. The smallest absolute Gasteiger partial charge is 0.0488 e. The van der Waals surface area contributed by atoms with Crippen molar-refractivity contribution in [3.8, 4) is 0 Å². The van der Waals surface area contributed by atoms with Gasteiger partial charge in [-0.1, -0.05) is 29.8 Å². The molecule has 0 aliphatic carbocycles. The Bertz CT molecular complexity index is 201. The van der Waals surface area contributed by atoms with E-state index in [1.165, 1.54) is 0 Å². The van der Waals surface area contributed by atoms with Gasteiger partial charge in [0.05, 0.1) is 0 Å². The standard InChI is InChI=1S/C7H6Cl2.Zn/c8-5-6-3-1-2-4-7(6)9;/h1-4H,5H2;. The Hall–Kier alpha value is 0.423. The van der Waals surface area contributed by atoms with Crippen LogP contribution in [0.5, 0.6) is 0 Å². The second-order valence-electron chi connectivity index (χ2n) is 1.73. The fourth-order valence-electron chi connectivity index (χ4n) is 0.607. The summed E-state index contributed by atoms with van der Waals surface area (Å²) in [5.41, 5.74) is 0.987. The molecule has 0 unspecified atom stereocenters. The minimum atomic E-state index is 0. The summed E-state index contributed by atoms with van der Waals surface area (Å²) in [5.74, 6) is 0.486. The summed E-state index contributed by atoms with van der Waals surface area (Å²) in [4.78, 5) is 0. The molecule has 1 aromatic rings. The van der Waals surface area contributed by atoms with Crippen molar-refractivity contribution in [3.63, 3.8) is 0 Å². The first-order valence-corrected chi connectivity index (χ1v) is 3.55. The zero-order valence-electron chi connectivity index (χ0n) is 5.48. The maximum Gasteiger partial charge on any atom is 0.0488 e. The molecule has 0 nitrogen and oxygen atoms in total. The zero-order valence-corrected chi connectivity index (χ0v) is 9.96. The van der Waals surface area contributed by atoms with E-state index in [0.717, 1.165) is 10.6 Å². The second kappa shape index (κ2) is 5.12. The van der Waals surface area contributed by atoms with Crippen LogP contribution in [0.4, 0.5) is 0 Å². The van der Waals surface area contributed by atoms with Crippen molar-refractivity contribution >= 4 is 23.2 Å². The average Bonchev–Trinajstić information content (AvgIpc) is 1.89. The van der Waals surface area contributed by atoms with E-state index in [9.17, 15) is 0 Å². The van der Waals surface area contributed by atoms with Crippen molar-refractivity contribution in [1.82, 2.24) is 0 Å². The van der Waals surface area contributed by atoms with Crippen molar-refractivity contribution in [1.29, 1.82) is 0 Å². The number of rotatable bonds is 1. The summed E-state index contributed by atoms with van der Waals surface area (Å²) >= 11 is 11.3. The van der Waals surface area contributed by atoms with Gasteiger partial charge in [0.2, 0.25) is 0 Å². The van der Waals surface area contributed by atoms with Crippen LogP contribution in [-0.2, 0) is 25.4 Å². The van der Waals surface area contributed by atoms with Crippen molar-refractivity contribution in [2.24, 2.45) is 0 Å². The molecule has 1 aromatic carbocycles. The molecule has 0 aliphatic heterocycles. The normalized spacial score (nSPS) is 8.60. The van der Waals surface area contributed by atoms with Gasteiger partial charge in [0.15, 0.2) is 0 Å². The molecule has 0 saturated heterocycles. The molecule has 0 amide bonds. The molecular formula is C7H6Cl2Zn. The van der Waals surface area contributed by atoms with Crippen molar-refractivity contribution in [2.75, 3.05) is 0 Å². The van der Waals surface area contributed by atoms with Crippen LogP contribution in [0.15, 0.2) is 24.3 Å². The molecule has 0 aliphatic rings. The maximum atomic E-state index is 5.74. The van der Waals surface area contributed by atoms with Gasteiger partial charge in [0.1, 0.15) is 0 Å². The number of hydrogen-bond donors (Lipinski definition) is 0. The van der Waals surface area contributed by atoms with Crippen LogP contribution in [-0.4, -0.2) is 0 Å². The minimum absolute atomic E-state index is 0. The first kappa shape index (κ1) is 10.4. The van der Waals surface area contributed by atoms with Crippen LogP contribution in [0.3, 0.4) is 0 Å². The van der Waals surface area contributed by atoms with E-state index < -0.39 is 0 Å². The molecule has 50 valence electrons. The Morgan fingerprint density at radius 1 is 1.20 bits per heavy atom. The molecule has 10 heavy (non-hydrogen) atoms. The summed E-state index contributed by atoms with van der Waals surface area (Å²) in [5, 5.41) is 0.743. The summed E-state index contributed by atoms with van der Waals surface area (Å²) in [6, 6.07) is 7.55. The summed E-state index contributed by atoms with van der Waals surface area (Å²) in [7, 11) is 0. The zero-order chi connectivity index (χ0) is 6.69. The Morgan fingerprint density at radius 2 is 1.80 bits per heavy atom. The van der Waals surface area contributed by atoms with Gasteiger partial charge < -0.3 is 0 Å². The molecule has 0 fully saturated rings. The molecular weight excluding hydrogens is 220 g/mol. The van der Waals surface area contributed by atoms with E-state index in [1.54, 1.807) is 0 Å². The molecule has 1 rings (SSSR count). The monoisotopic (exact) mass is 224 g/mol. The average molecular weight is 226 g/mol. The largest absolute Gasteiger partial charge is 0.121 e. The fourth-order valence-corrected chi connectivity index (χ4v) is 1.11. The summed E-state index contributed by atoms with van der Waals surface area (Å²) < 4.78 is 0. The number of hydrogen-bond acceptors (Lipinski definition) is 0. The predicted molar refractivity (Wildman–Crippen MR) is 41.0 cm³/mol. The maximum absolute atomic E-state index is 5.74. The third kappa shape index (κ3) is 2.58. The molecule has 0 bridgehead atoms. The van der Waals surface area contributed by atoms with Crippen LogP contribution in [0.25, 0.3) is 0 Å². The molecule has 0 spiro atoms. The third-order valence-corrected chi connectivity index (χ3v) is 1.76. The van der Waals surface area contributed by atoms with Crippen LogP contribution in [0.1, 0.15) is 5.56 Å².